The summed E-state index contributed by atoms with van der Waals surface area (Å²) in [7, 11) is 0. The third-order valence-electron chi connectivity index (χ3n) is 1.57. The van der Waals surface area contributed by atoms with Gasteiger partial charge in [0.15, 0.2) is 0 Å². The summed E-state index contributed by atoms with van der Waals surface area (Å²) in [5.41, 5.74) is -0.0135. The van der Waals surface area contributed by atoms with Crippen LogP contribution in [0.3, 0.4) is 0 Å². The normalized spacial score (nSPS) is 11.3. The number of hydrogen-bond acceptors (Lipinski definition) is 4. The molecule has 0 saturated heterocycles. The fourth-order valence-electron chi connectivity index (χ4n) is 1.05. The molecule has 0 aromatic carbocycles. The fourth-order valence-corrected chi connectivity index (χ4v) is 1.34. The van der Waals surface area contributed by atoms with Crippen LogP contribution in [0.1, 0.15) is 27.7 Å². The van der Waals surface area contributed by atoms with Crippen LogP contribution in [0.4, 0.5) is 11.8 Å². The molecule has 1 heterocycles. The van der Waals surface area contributed by atoms with Gasteiger partial charge in [0.25, 0.3) is 0 Å². The van der Waals surface area contributed by atoms with E-state index in [1.54, 1.807) is 6.20 Å². The van der Waals surface area contributed by atoms with E-state index in [-0.39, 0.29) is 5.54 Å². The highest BCUT2D eigenvalue weighted by molar-refractivity contribution is 9.10. The number of rotatable bonds is 3. The van der Waals surface area contributed by atoms with Crippen molar-refractivity contribution < 1.29 is 0 Å². The minimum Gasteiger partial charge on any atom is -0.364 e. The van der Waals surface area contributed by atoms with Crippen LogP contribution in [0, 0.1) is 0 Å². The summed E-state index contributed by atoms with van der Waals surface area (Å²) in [6.45, 7) is 9.11. The fraction of sp³-hybridized carbons (Fsp3) is 0.600. The number of halogens is 1. The van der Waals surface area contributed by atoms with Crippen molar-refractivity contribution in [1.82, 2.24) is 9.97 Å². The van der Waals surface area contributed by atoms with Crippen LogP contribution in [-0.4, -0.2) is 22.1 Å². The zero-order chi connectivity index (χ0) is 11.5. The Balaban J connectivity index is 2.90. The highest BCUT2D eigenvalue weighted by Gasteiger charge is 2.13. The number of nitrogens with zero attached hydrogens (tertiary/aromatic N) is 2. The molecule has 15 heavy (non-hydrogen) atoms. The van der Waals surface area contributed by atoms with Gasteiger partial charge in [0, 0.05) is 18.3 Å². The average Bonchev–Trinajstić information content (AvgIpc) is 2.09. The van der Waals surface area contributed by atoms with Crippen molar-refractivity contribution in [2.45, 2.75) is 33.2 Å². The molecule has 0 aliphatic rings. The lowest BCUT2D eigenvalue weighted by Crippen LogP contribution is -2.27. The molecule has 2 N–H and O–H groups in total. The van der Waals surface area contributed by atoms with Crippen molar-refractivity contribution >= 4 is 27.7 Å². The first kappa shape index (κ1) is 12.2. The molecule has 0 unspecified atom stereocenters. The van der Waals surface area contributed by atoms with Gasteiger partial charge in [-0.25, -0.2) is 4.98 Å². The maximum absolute atomic E-state index is 4.37. The van der Waals surface area contributed by atoms with Gasteiger partial charge in [-0.3, -0.25) is 0 Å². The Morgan fingerprint density at radius 2 is 2.07 bits per heavy atom. The minimum atomic E-state index is -0.0135. The summed E-state index contributed by atoms with van der Waals surface area (Å²) < 4.78 is 0.874. The first-order chi connectivity index (χ1) is 6.92. The summed E-state index contributed by atoms with van der Waals surface area (Å²) in [5.74, 6) is 1.46. The number of hydrogen-bond donors (Lipinski definition) is 2. The van der Waals surface area contributed by atoms with Gasteiger partial charge in [-0.15, -0.1) is 0 Å². The molecule has 1 rings (SSSR count). The molecule has 0 amide bonds. The zero-order valence-corrected chi connectivity index (χ0v) is 11.1. The summed E-state index contributed by atoms with van der Waals surface area (Å²) in [5, 5.41) is 6.39. The van der Waals surface area contributed by atoms with Crippen LogP contribution < -0.4 is 10.6 Å². The van der Waals surface area contributed by atoms with E-state index in [1.165, 1.54) is 0 Å². The third kappa shape index (κ3) is 4.03. The van der Waals surface area contributed by atoms with E-state index < -0.39 is 0 Å². The number of nitrogens with one attached hydrogen (secondary N) is 2. The summed E-state index contributed by atoms with van der Waals surface area (Å²) in [6, 6.07) is 0. The highest BCUT2D eigenvalue weighted by atomic mass is 79.9. The van der Waals surface area contributed by atoms with Gasteiger partial charge in [0.05, 0.1) is 4.47 Å². The summed E-state index contributed by atoms with van der Waals surface area (Å²) >= 11 is 3.42. The quantitative estimate of drug-likeness (QED) is 0.889. The SMILES string of the molecule is CCNc1ncc(Br)c(NC(C)(C)C)n1. The van der Waals surface area contributed by atoms with Gasteiger partial charge in [-0.1, -0.05) is 0 Å². The lowest BCUT2D eigenvalue weighted by molar-refractivity contribution is 0.629. The highest BCUT2D eigenvalue weighted by Crippen LogP contribution is 2.23. The van der Waals surface area contributed by atoms with Crippen LogP contribution in [0.2, 0.25) is 0 Å². The minimum absolute atomic E-state index is 0.0135. The Bertz CT molecular complexity index is 333. The van der Waals surface area contributed by atoms with E-state index in [0.29, 0.717) is 5.95 Å². The van der Waals surface area contributed by atoms with Crippen LogP contribution in [0.5, 0.6) is 0 Å². The lowest BCUT2D eigenvalue weighted by Gasteiger charge is -2.22. The van der Waals surface area contributed by atoms with E-state index in [1.807, 2.05) is 6.92 Å². The molecule has 0 saturated carbocycles. The first-order valence-electron chi connectivity index (χ1n) is 4.97. The maximum atomic E-state index is 4.37. The van der Waals surface area contributed by atoms with Crippen LogP contribution in [0.15, 0.2) is 10.7 Å². The van der Waals surface area contributed by atoms with E-state index in [4.69, 9.17) is 0 Å². The molecule has 0 bridgehead atoms. The van der Waals surface area contributed by atoms with Crippen molar-refractivity contribution in [1.29, 1.82) is 0 Å². The standard InChI is InChI=1S/C10H17BrN4/c1-5-12-9-13-6-7(11)8(14-9)15-10(2,3)4/h6H,5H2,1-4H3,(H2,12,13,14,15). The average molecular weight is 273 g/mol. The van der Waals surface area contributed by atoms with Crippen molar-refractivity contribution in [3.8, 4) is 0 Å². The van der Waals surface area contributed by atoms with Crippen LogP contribution in [-0.2, 0) is 0 Å². The van der Waals surface area contributed by atoms with Crippen molar-refractivity contribution in [3.63, 3.8) is 0 Å². The number of aromatic nitrogens is 2. The van der Waals surface area contributed by atoms with Crippen molar-refractivity contribution in [3.05, 3.63) is 10.7 Å². The molecular weight excluding hydrogens is 256 g/mol. The second-order valence-electron chi connectivity index (χ2n) is 4.30. The van der Waals surface area contributed by atoms with E-state index in [2.05, 4.69) is 57.3 Å². The van der Waals surface area contributed by atoms with Gasteiger partial charge in [-0.05, 0) is 43.6 Å². The van der Waals surface area contributed by atoms with Gasteiger partial charge in [0.1, 0.15) is 5.82 Å². The van der Waals surface area contributed by atoms with E-state index >= 15 is 0 Å². The first-order valence-corrected chi connectivity index (χ1v) is 5.76. The molecule has 0 spiro atoms. The predicted molar refractivity (Wildman–Crippen MR) is 67.3 cm³/mol. The molecule has 4 nitrogen and oxygen atoms in total. The Labute approximate surface area is 99.0 Å². The topological polar surface area (TPSA) is 49.8 Å². The third-order valence-corrected chi connectivity index (χ3v) is 2.15. The molecule has 0 radical (unpaired) electrons. The second-order valence-corrected chi connectivity index (χ2v) is 5.15. The molecule has 1 aromatic rings. The van der Waals surface area contributed by atoms with Gasteiger partial charge < -0.3 is 10.6 Å². The summed E-state index contributed by atoms with van der Waals surface area (Å²) in [6.07, 6.45) is 1.75. The van der Waals surface area contributed by atoms with Crippen LogP contribution in [0.25, 0.3) is 0 Å². The van der Waals surface area contributed by atoms with Crippen molar-refractivity contribution in [2.75, 3.05) is 17.2 Å². The smallest absolute Gasteiger partial charge is 0.224 e. The lowest BCUT2D eigenvalue weighted by atomic mass is 10.1. The van der Waals surface area contributed by atoms with Gasteiger partial charge >= 0.3 is 0 Å². The van der Waals surface area contributed by atoms with Gasteiger partial charge in [-0.2, -0.15) is 4.98 Å². The van der Waals surface area contributed by atoms with Crippen molar-refractivity contribution in [2.24, 2.45) is 0 Å². The molecule has 5 heteroatoms. The van der Waals surface area contributed by atoms with E-state index in [9.17, 15) is 0 Å². The monoisotopic (exact) mass is 272 g/mol. The zero-order valence-electron chi connectivity index (χ0n) is 9.56. The number of anilines is 2. The second kappa shape index (κ2) is 4.79. The van der Waals surface area contributed by atoms with E-state index in [0.717, 1.165) is 16.8 Å². The maximum Gasteiger partial charge on any atom is 0.224 e. The Hall–Kier alpha value is -0.840. The Kier molecular flexibility index (Phi) is 3.90. The molecule has 1 aromatic heterocycles. The van der Waals surface area contributed by atoms with Crippen LogP contribution >= 0.6 is 15.9 Å². The predicted octanol–water partition coefficient (Wildman–Crippen LogP) is 2.88. The molecular formula is C10H17BrN4. The molecule has 0 aliphatic carbocycles. The Morgan fingerprint density at radius 1 is 1.40 bits per heavy atom. The molecule has 0 fully saturated rings. The largest absolute Gasteiger partial charge is 0.364 e. The molecule has 0 aliphatic heterocycles. The molecule has 84 valence electrons. The Morgan fingerprint density at radius 3 is 2.60 bits per heavy atom. The molecule has 0 atom stereocenters. The van der Waals surface area contributed by atoms with Gasteiger partial charge in [0.2, 0.25) is 5.95 Å². The summed E-state index contributed by atoms with van der Waals surface area (Å²) in [4.78, 5) is 8.52.